The number of rotatable bonds is 9. The van der Waals surface area contributed by atoms with Crippen molar-refractivity contribution >= 4 is 5.57 Å². The van der Waals surface area contributed by atoms with E-state index in [9.17, 15) is 22.0 Å². The average Bonchev–Trinajstić information content (AvgIpc) is 3.67. The van der Waals surface area contributed by atoms with Crippen LogP contribution in [0.2, 0.25) is 0 Å². The number of nitrogens with zero attached hydrogens (tertiary/aromatic N) is 5. The zero-order valence-corrected chi connectivity index (χ0v) is 23.8. The van der Waals surface area contributed by atoms with Gasteiger partial charge in [0.25, 0.3) is 5.82 Å². The van der Waals surface area contributed by atoms with Crippen molar-refractivity contribution in [1.82, 2.24) is 30.5 Å². The summed E-state index contributed by atoms with van der Waals surface area (Å²) in [7, 11) is 0. The third-order valence-corrected chi connectivity index (χ3v) is 7.81. The summed E-state index contributed by atoms with van der Waals surface area (Å²) in [6.45, 7) is 7.22. The second-order valence-electron chi connectivity index (χ2n) is 11.9. The molecule has 1 aromatic carbocycles. The lowest BCUT2D eigenvalue weighted by Gasteiger charge is -2.35. The molecule has 1 fully saturated rings. The maximum atomic E-state index is 13.9. The van der Waals surface area contributed by atoms with Gasteiger partial charge in [0.1, 0.15) is 18.1 Å². The summed E-state index contributed by atoms with van der Waals surface area (Å²) in [6.07, 6.45) is -0.366. The SMILES string of the molecule is CC(C)Oc1ncc(-n2nnnc2C(F)(F)F)cc1C1=CO[C@]2(CC[C@H](CNC(C)(C)CF)[C@H]2c2ccc(F)cc2)C1. The maximum absolute atomic E-state index is 13.9. The van der Waals surface area contributed by atoms with Crippen LogP contribution in [0, 0.1) is 11.7 Å². The molecule has 8 nitrogen and oxygen atoms in total. The first kappa shape index (κ1) is 29.9. The molecule has 1 N–H and O–H groups in total. The first-order valence-electron chi connectivity index (χ1n) is 13.8. The molecule has 3 aromatic rings. The quantitative estimate of drug-likeness (QED) is 0.304. The molecule has 1 spiro atoms. The van der Waals surface area contributed by atoms with Crippen molar-refractivity contribution in [2.75, 3.05) is 13.2 Å². The topological polar surface area (TPSA) is 87.0 Å². The lowest BCUT2D eigenvalue weighted by atomic mass is 9.77. The zero-order valence-electron chi connectivity index (χ0n) is 23.8. The number of hydrogen-bond donors (Lipinski definition) is 1. The number of tetrazole rings is 1. The average molecular weight is 593 g/mol. The minimum atomic E-state index is -4.78. The van der Waals surface area contributed by atoms with Gasteiger partial charge in [0.15, 0.2) is 0 Å². The van der Waals surface area contributed by atoms with Gasteiger partial charge in [-0.3, -0.25) is 0 Å². The standard InChI is InChI=1S/C29H33F5N6O2/c1-17(2)42-25-23(11-22(14-35-25)40-26(29(32,33)34)37-38-39-40)20-12-28(41-15-20)10-9-19(13-36-27(3,4)16-30)24(28)18-5-7-21(31)8-6-18/h5-8,11,14-15,17,19,24,36H,9-10,12-13,16H2,1-4H3/t19-,24-,28-/m1/s1. The number of ether oxygens (including phenoxy) is 2. The van der Waals surface area contributed by atoms with E-state index >= 15 is 0 Å². The van der Waals surface area contributed by atoms with E-state index in [4.69, 9.17) is 9.47 Å². The molecular weight excluding hydrogens is 559 g/mol. The molecule has 2 aliphatic rings. The van der Waals surface area contributed by atoms with Gasteiger partial charge in [-0.25, -0.2) is 13.8 Å². The molecular formula is C29H33F5N6O2. The smallest absolute Gasteiger partial charge is 0.453 e. The summed E-state index contributed by atoms with van der Waals surface area (Å²) < 4.78 is 81.1. The van der Waals surface area contributed by atoms with Crippen LogP contribution < -0.4 is 10.1 Å². The Morgan fingerprint density at radius 1 is 1.19 bits per heavy atom. The Balaban J connectivity index is 1.50. The van der Waals surface area contributed by atoms with Crippen LogP contribution in [0.5, 0.6) is 5.88 Å². The first-order valence-corrected chi connectivity index (χ1v) is 13.8. The Morgan fingerprint density at radius 3 is 2.60 bits per heavy atom. The van der Waals surface area contributed by atoms with Crippen molar-refractivity contribution in [3.05, 3.63) is 65.6 Å². The van der Waals surface area contributed by atoms with Crippen molar-refractivity contribution in [1.29, 1.82) is 0 Å². The third-order valence-electron chi connectivity index (χ3n) is 7.81. The molecule has 1 aliphatic heterocycles. The highest BCUT2D eigenvalue weighted by molar-refractivity contribution is 5.72. The van der Waals surface area contributed by atoms with Gasteiger partial charge in [-0.05, 0) is 87.2 Å². The number of pyridine rings is 1. The number of nitrogens with one attached hydrogen (secondary N) is 1. The van der Waals surface area contributed by atoms with Crippen LogP contribution >= 0.6 is 0 Å². The van der Waals surface area contributed by atoms with Crippen molar-refractivity contribution in [3.8, 4) is 11.6 Å². The van der Waals surface area contributed by atoms with E-state index in [-0.39, 0.29) is 35.3 Å². The largest absolute Gasteiger partial charge is 0.494 e. The minimum Gasteiger partial charge on any atom is -0.494 e. The van der Waals surface area contributed by atoms with Crippen molar-refractivity contribution in [2.24, 2.45) is 5.92 Å². The Bertz CT molecular complexity index is 1440. The van der Waals surface area contributed by atoms with Gasteiger partial charge in [0.2, 0.25) is 5.88 Å². The fourth-order valence-electron chi connectivity index (χ4n) is 5.83. The van der Waals surface area contributed by atoms with Gasteiger partial charge in [0.05, 0.1) is 24.3 Å². The Labute approximate surface area is 240 Å². The monoisotopic (exact) mass is 592 g/mol. The summed E-state index contributed by atoms with van der Waals surface area (Å²) >= 11 is 0. The molecule has 1 aliphatic carbocycles. The van der Waals surface area contributed by atoms with Crippen molar-refractivity contribution < 1.29 is 31.4 Å². The normalized spacial score (nSPS) is 22.6. The molecule has 3 atom stereocenters. The molecule has 2 aromatic heterocycles. The van der Waals surface area contributed by atoms with Crippen LogP contribution in [0.4, 0.5) is 22.0 Å². The molecule has 42 heavy (non-hydrogen) atoms. The first-order chi connectivity index (χ1) is 19.8. The molecule has 0 amide bonds. The highest BCUT2D eigenvalue weighted by Crippen LogP contribution is 2.56. The maximum Gasteiger partial charge on any atom is 0.453 e. The van der Waals surface area contributed by atoms with E-state index in [1.54, 1.807) is 32.2 Å². The molecule has 0 saturated heterocycles. The molecule has 3 heterocycles. The number of halogens is 5. The Morgan fingerprint density at radius 2 is 1.93 bits per heavy atom. The number of hydrogen-bond acceptors (Lipinski definition) is 7. The summed E-state index contributed by atoms with van der Waals surface area (Å²) in [4.78, 5) is 4.34. The van der Waals surface area contributed by atoms with Crippen LogP contribution in [0.25, 0.3) is 11.3 Å². The van der Waals surface area contributed by atoms with Crippen LogP contribution in [-0.2, 0) is 10.9 Å². The Kier molecular flexibility index (Phi) is 7.99. The van der Waals surface area contributed by atoms with E-state index in [0.717, 1.165) is 12.0 Å². The summed E-state index contributed by atoms with van der Waals surface area (Å²) in [6, 6.07) is 7.82. The molecule has 0 bridgehead atoms. The summed E-state index contributed by atoms with van der Waals surface area (Å²) in [5.74, 6) is -1.51. The third kappa shape index (κ3) is 5.97. The molecule has 0 unspecified atom stereocenters. The van der Waals surface area contributed by atoms with E-state index in [0.29, 0.717) is 35.2 Å². The Hall–Kier alpha value is -3.61. The van der Waals surface area contributed by atoms with Gasteiger partial charge < -0.3 is 14.8 Å². The molecule has 0 radical (unpaired) electrons. The lowest BCUT2D eigenvalue weighted by molar-refractivity contribution is -0.146. The molecule has 13 heteroatoms. The van der Waals surface area contributed by atoms with Crippen LogP contribution in [0.3, 0.4) is 0 Å². The van der Waals surface area contributed by atoms with Crippen molar-refractivity contribution in [2.45, 2.75) is 76.3 Å². The van der Waals surface area contributed by atoms with E-state index in [1.165, 1.54) is 24.4 Å². The van der Waals surface area contributed by atoms with Crippen LogP contribution in [0.1, 0.15) is 69.8 Å². The number of alkyl halides is 4. The minimum absolute atomic E-state index is 0.0114. The molecule has 5 rings (SSSR count). The highest BCUT2D eigenvalue weighted by atomic mass is 19.4. The van der Waals surface area contributed by atoms with E-state index in [2.05, 4.69) is 25.8 Å². The van der Waals surface area contributed by atoms with Gasteiger partial charge >= 0.3 is 6.18 Å². The van der Waals surface area contributed by atoms with Gasteiger partial charge in [0, 0.05) is 29.0 Å². The summed E-state index contributed by atoms with van der Waals surface area (Å²) in [5.41, 5.74) is 0.631. The fraction of sp³-hybridized carbons (Fsp3) is 0.517. The second-order valence-corrected chi connectivity index (χ2v) is 11.9. The van der Waals surface area contributed by atoms with E-state index in [1.807, 2.05) is 13.8 Å². The lowest BCUT2D eigenvalue weighted by Crippen LogP contribution is -2.45. The van der Waals surface area contributed by atoms with Crippen LogP contribution in [-0.4, -0.2) is 55.7 Å². The second kappa shape index (κ2) is 11.2. The fourth-order valence-corrected chi connectivity index (χ4v) is 5.83. The zero-order chi connectivity index (χ0) is 30.3. The van der Waals surface area contributed by atoms with E-state index < -0.39 is 29.8 Å². The number of benzene rings is 1. The molecule has 226 valence electrons. The highest BCUT2D eigenvalue weighted by Gasteiger charge is 2.53. The van der Waals surface area contributed by atoms with Gasteiger partial charge in [-0.15, -0.1) is 5.10 Å². The van der Waals surface area contributed by atoms with Crippen LogP contribution in [0.15, 0.2) is 42.8 Å². The predicted molar refractivity (Wildman–Crippen MR) is 144 cm³/mol. The van der Waals surface area contributed by atoms with Crippen molar-refractivity contribution in [3.63, 3.8) is 0 Å². The van der Waals surface area contributed by atoms with Gasteiger partial charge in [-0.1, -0.05) is 12.1 Å². The molecule has 1 saturated carbocycles. The predicted octanol–water partition coefficient (Wildman–Crippen LogP) is 6.03. The van der Waals surface area contributed by atoms with Gasteiger partial charge in [-0.2, -0.15) is 17.9 Å². The summed E-state index contributed by atoms with van der Waals surface area (Å²) in [5, 5.41) is 13.2. The number of aromatic nitrogens is 5.